The van der Waals surface area contributed by atoms with Gasteiger partial charge in [-0.15, -0.1) is 11.3 Å². The smallest absolute Gasteiger partial charge is 0.265 e. The van der Waals surface area contributed by atoms with E-state index in [0.29, 0.717) is 11.4 Å². The molecule has 0 aliphatic carbocycles. The van der Waals surface area contributed by atoms with Gasteiger partial charge in [-0.3, -0.25) is 4.79 Å². The zero-order valence-electron chi connectivity index (χ0n) is 11.5. The summed E-state index contributed by atoms with van der Waals surface area (Å²) in [7, 11) is 1.75. The Morgan fingerprint density at radius 2 is 2.25 bits per heavy atom. The highest BCUT2D eigenvalue weighted by molar-refractivity contribution is 7.12. The zero-order chi connectivity index (χ0) is 14.5. The number of rotatable bonds is 3. The van der Waals surface area contributed by atoms with Gasteiger partial charge in [0.15, 0.2) is 0 Å². The van der Waals surface area contributed by atoms with Crippen molar-refractivity contribution in [3.05, 3.63) is 45.5 Å². The van der Waals surface area contributed by atoms with Crippen LogP contribution in [-0.4, -0.2) is 24.4 Å². The van der Waals surface area contributed by atoms with Crippen LogP contribution in [0.5, 0.6) is 0 Å². The molecule has 0 bridgehead atoms. The number of carbonyl (C=O) groups is 1. The van der Waals surface area contributed by atoms with E-state index < -0.39 is 0 Å². The lowest BCUT2D eigenvalue weighted by Gasteiger charge is -2.15. The fourth-order valence-corrected chi connectivity index (χ4v) is 2.61. The molecule has 0 saturated carbocycles. The molecule has 0 spiro atoms. The summed E-state index contributed by atoms with van der Waals surface area (Å²) in [6.45, 7) is 2.60. The number of nitrogens with zero attached hydrogens (tertiary/aromatic N) is 1. The maximum atomic E-state index is 12.4. The third kappa shape index (κ3) is 3.29. The van der Waals surface area contributed by atoms with Crippen molar-refractivity contribution in [2.24, 2.45) is 5.73 Å². The van der Waals surface area contributed by atoms with Gasteiger partial charge < -0.3 is 15.1 Å². The van der Waals surface area contributed by atoms with Crippen molar-refractivity contribution in [1.29, 1.82) is 0 Å². The van der Waals surface area contributed by atoms with Crippen LogP contribution in [0.15, 0.2) is 28.0 Å². The molecule has 0 aromatic carbocycles. The van der Waals surface area contributed by atoms with Gasteiger partial charge >= 0.3 is 0 Å². The minimum Gasteiger partial charge on any atom is -0.464 e. The van der Waals surface area contributed by atoms with Gasteiger partial charge in [-0.05, 0) is 30.5 Å². The number of hydrogen-bond acceptors (Lipinski definition) is 4. The second-order valence-corrected chi connectivity index (χ2v) is 5.26. The van der Waals surface area contributed by atoms with Gasteiger partial charge in [0.1, 0.15) is 16.4 Å². The van der Waals surface area contributed by atoms with E-state index in [1.165, 1.54) is 11.3 Å². The number of nitrogens with two attached hydrogens (primary N) is 1. The van der Waals surface area contributed by atoms with Gasteiger partial charge in [-0.2, -0.15) is 0 Å². The molecule has 0 aliphatic heterocycles. The topological polar surface area (TPSA) is 59.5 Å². The third-order valence-electron chi connectivity index (χ3n) is 2.72. The molecule has 0 radical (unpaired) electrons. The first-order chi connectivity index (χ1) is 9.61. The Bertz CT molecular complexity index is 661. The molecule has 0 fully saturated rings. The van der Waals surface area contributed by atoms with Crippen LogP contribution >= 0.6 is 11.3 Å². The molecule has 2 aromatic heterocycles. The lowest BCUT2D eigenvalue weighted by Crippen LogP contribution is -2.25. The summed E-state index contributed by atoms with van der Waals surface area (Å²) in [5.74, 6) is 7.24. The molecule has 104 valence electrons. The average molecular weight is 288 g/mol. The molecule has 4 nitrogen and oxygen atoms in total. The number of aryl methyl sites for hydroxylation is 1. The first-order valence-corrected chi connectivity index (χ1v) is 7.07. The van der Waals surface area contributed by atoms with Gasteiger partial charge in [0.2, 0.25) is 0 Å². The summed E-state index contributed by atoms with van der Waals surface area (Å²) in [5.41, 5.74) is 6.09. The Hall–Kier alpha value is -2.03. The second-order valence-electron chi connectivity index (χ2n) is 4.34. The molecular weight excluding hydrogens is 272 g/mol. The standard InChI is InChI=1S/C15H16N2O2S/c1-11-5-6-13(19-11)10-17(2)15(18)14-12(4-3-8-16)7-9-20-14/h5-7,9H,8,10,16H2,1-2H3. The average Bonchev–Trinajstić information content (AvgIpc) is 3.04. The van der Waals surface area contributed by atoms with Crippen LogP contribution in [0.2, 0.25) is 0 Å². The monoisotopic (exact) mass is 288 g/mol. The summed E-state index contributed by atoms with van der Waals surface area (Å²) in [4.78, 5) is 14.7. The van der Waals surface area contributed by atoms with Crippen LogP contribution in [0, 0.1) is 18.8 Å². The highest BCUT2D eigenvalue weighted by Crippen LogP contribution is 2.19. The van der Waals surface area contributed by atoms with E-state index in [0.717, 1.165) is 17.1 Å². The second kappa shape index (κ2) is 6.42. The first kappa shape index (κ1) is 14.4. The molecule has 2 aromatic rings. The van der Waals surface area contributed by atoms with Crippen molar-refractivity contribution in [3.63, 3.8) is 0 Å². The minimum absolute atomic E-state index is 0.0598. The Kier molecular flexibility index (Phi) is 4.61. The SMILES string of the molecule is Cc1ccc(CN(C)C(=O)c2sccc2C#CCN)o1. The minimum atomic E-state index is -0.0598. The Morgan fingerprint density at radius 3 is 2.90 bits per heavy atom. The fraction of sp³-hybridized carbons (Fsp3) is 0.267. The van der Waals surface area contributed by atoms with Crippen molar-refractivity contribution < 1.29 is 9.21 Å². The molecule has 0 unspecified atom stereocenters. The maximum absolute atomic E-state index is 12.4. The van der Waals surface area contributed by atoms with Crippen molar-refractivity contribution in [3.8, 4) is 11.8 Å². The Labute approximate surface area is 122 Å². The number of furan rings is 1. The summed E-state index contributed by atoms with van der Waals surface area (Å²) < 4.78 is 5.48. The third-order valence-corrected chi connectivity index (χ3v) is 3.62. The molecular formula is C15H16N2O2S. The molecule has 2 N–H and O–H groups in total. The quantitative estimate of drug-likeness (QED) is 0.881. The van der Waals surface area contributed by atoms with Crippen molar-refractivity contribution >= 4 is 17.2 Å². The van der Waals surface area contributed by atoms with E-state index in [4.69, 9.17) is 10.2 Å². The summed E-state index contributed by atoms with van der Waals surface area (Å²) in [5, 5.41) is 1.86. The molecule has 5 heteroatoms. The zero-order valence-corrected chi connectivity index (χ0v) is 12.3. The van der Waals surface area contributed by atoms with E-state index in [2.05, 4.69) is 11.8 Å². The predicted octanol–water partition coefficient (Wildman–Crippen LogP) is 2.23. The molecule has 0 saturated heterocycles. The van der Waals surface area contributed by atoms with Crippen LogP contribution < -0.4 is 5.73 Å². The molecule has 0 aliphatic rings. The predicted molar refractivity (Wildman–Crippen MR) is 79.5 cm³/mol. The van der Waals surface area contributed by atoms with Gasteiger partial charge in [0.05, 0.1) is 13.1 Å². The van der Waals surface area contributed by atoms with E-state index in [-0.39, 0.29) is 12.5 Å². The van der Waals surface area contributed by atoms with Crippen LogP contribution in [0.25, 0.3) is 0 Å². The Morgan fingerprint density at radius 1 is 1.45 bits per heavy atom. The van der Waals surface area contributed by atoms with E-state index in [9.17, 15) is 4.79 Å². The van der Waals surface area contributed by atoms with Gasteiger partial charge in [-0.25, -0.2) is 0 Å². The largest absolute Gasteiger partial charge is 0.464 e. The van der Waals surface area contributed by atoms with E-state index in [1.54, 1.807) is 11.9 Å². The van der Waals surface area contributed by atoms with Gasteiger partial charge in [0.25, 0.3) is 5.91 Å². The number of thiophene rings is 1. The van der Waals surface area contributed by atoms with E-state index in [1.807, 2.05) is 30.5 Å². The fourth-order valence-electron chi connectivity index (χ4n) is 1.77. The number of amides is 1. The number of hydrogen-bond donors (Lipinski definition) is 1. The lowest BCUT2D eigenvalue weighted by molar-refractivity contribution is 0.0779. The molecule has 0 atom stereocenters. The molecule has 1 amide bonds. The maximum Gasteiger partial charge on any atom is 0.265 e. The summed E-state index contributed by atoms with van der Waals surface area (Å²) >= 11 is 1.39. The lowest BCUT2D eigenvalue weighted by atomic mass is 10.2. The van der Waals surface area contributed by atoms with E-state index >= 15 is 0 Å². The van der Waals surface area contributed by atoms with Crippen LogP contribution in [0.1, 0.15) is 26.8 Å². The molecule has 2 heterocycles. The number of carbonyl (C=O) groups excluding carboxylic acids is 1. The highest BCUT2D eigenvalue weighted by Gasteiger charge is 2.17. The highest BCUT2D eigenvalue weighted by atomic mass is 32.1. The van der Waals surface area contributed by atoms with Gasteiger partial charge in [-0.1, -0.05) is 11.8 Å². The molecule has 20 heavy (non-hydrogen) atoms. The van der Waals surface area contributed by atoms with Crippen LogP contribution in [0.3, 0.4) is 0 Å². The first-order valence-electron chi connectivity index (χ1n) is 6.19. The van der Waals surface area contributed by atoms with Crippen molar-refractivity contribution in [1.82, 2.24) is 4.90 Å². The normalized spacial score (nSPS) is 9.95. The summed E-state index contributed by atoms with van der Waals surface area (Å²) in [6.07, 6.45) is 0. The van der Waals surface area contributed by atoms with Crippen LogP contribution in [-0.2, 0) is 6.54 Å². The molecule has 2 rings (SSSR count). The van der Waals surface area contributed by atoms with Crippen molar-refractivity contribution in [2.75, 3.05) is 13.6 Å². The van der Waals surface area contributed by atoms with Gasteiger partial charge in [0, 0.05) is 12.6 Å². The van der Waals surface area contributed by atoms with Crippen LogP contribution in [0.4, 0.5) is 0 Å². The summed E-state index contributed by atoms with van der Waals surface area (Å²) in [6, 6.07) is 5.60. The van der Waals surface area contributed by atoms with Crippen molar-refractivity contribution in [2.45, 2.75) is 13.5 Å². The Balaban J connectivity index is 2.12.